The molecule has 1 aliphatic carbocycles. The van der Waals surface area contributed by atoms with E-state index in [1.165, 1.54) is 90.0 Å². The molecule has 0 fully saturated rings. The van der Waals surface area contributed by atoms with Crippen molar-refractivity contribution in [3.05, 3.63) is 68.8 Å². The molecule has 0 spiro atoms. The summed E-state index contributed by atoms with van der Waals surface area (Å²) < 4.78 is 0. The summed E-state index contributed by atoms with van der Waals surface area (Å²) in [5.74, 6) is 0. The standard InChI is InChI=1S/C21H29.C10H15.Hf/c1-4-7-8-9-16-10-11-17-12-18-14-21(5-2,6-3)15-19(18)13-20(16)17;1-6-7(2)9(4)10(5)8(6)3;/h10-13H,4-9,14-15H2,1-3H3;1-5H3;/q2*-1;. The van der Waals surface area contributed by atoms with E-state index in [2.05, 4.69) is 79.7 Å². The molecule has 0 saturated carbocycles. The van der Waals surface area contributed by atoms with E-state index in [1.54, 1.807) is 16.7 Å². The summed E-state index contributed by atoms with van der Waals surface area (Å²) in [5.41, 5.74) is 12.7. The Morgan fingerprint density at radius 2 is 1.41 bits per heavy atom. The molecular weight excluding hydrogens is 551 g/mol. The van der Waals surface area contributed by atoms with Gasteiger partial charge in [-0.3, -0.25) is 0 Å². The van der Waals surface area contributed by atoms with E-state index < -0.39 is 0 Å². The van der Waals surface area contributed by atoms with Crippen molar-refractivity contribution in [2.45, 2.75) is 107 Å². The predicted molar refractivity (Wildman–Crippen MR) is 139 cm³/mol. The first-order valence-corrected chi connectivity index (χ1v) is 12.7. The smallest absolute Gasteiger partial charge is 0 e. The van der Waals surface area contributed by atoms with E-state index in [-0.39, 0.29) is 25.8 Å². The predicted octanol–water partition coefficient (Wildman–Crippen LogP) is 9.14. The number of rotatable bonds is 6. The molecule has 4 rings (SSSR count). The fourth-order valence-corrected chi connectivity index (χ4v) is 5.54. The Hall–Kier alpha value is -0.950. The Bertz CT molecular complexity index is 943. The maximum atomic E-state index is 2.53. The van der Waals surface area contributed by atoms with Crippen LogP contribution in [-0.2, 0) is 45.1 Å². The topological polar surface area (TPSA) is 0 Å². The van der Waals surface area contributed by atoms with Crippen molar-refractivity contribution in [3.63, 3.8) is 0 Å². The van der Waals surface area contributed by atoms with Gasteiger partial charge in [-0.25, -0.2) is 0 Å². The van der Waals surface area contributed by atoms with Gasteiger partial charge >= 0.3 is 0 Å². The Kier molecular flexibility index (Phi) is 9.77. The largest absolute Gasteiger partial charge is 0.196 e. The normalized spacial score (nSPS) is 14.1. The maximum absolute atomic E-state index is 2.53. The third-order valence-electron chi connectivity index (χ3n) is 8.67. The summed E-state index contributed by atoms with van der Waals surface area (Å²) >= 11 is 0. The molecule has 174 valence electrons. The third-order valence-corrected chi connectivity index (χ3v) is 8.67. The summed E-state index contributed by atoms with van der Waals surface area (Å²) in [6, 6.07) is 9.72. The van der Waals surface area contributed by atoms with Gasteiger partial charge in [0.15, 0.2) is 0 Å². The first kappa shape index (κ1) is 27.3. The Morgan fingerprint density at radius 3 is 1.88 bits per heavy atom. The number of hydrogen-bond acceptors (Lipinski definition) is 0. The second kappa shape index (κ2) is 11.5. The minimum atomic E-state index is 0. The van der Waals surface area contributed by atoms with Gasteiger partial charge in [0, 0.05) is 25.8 Å². The van der Waals surface area contributed by atoms with E-state index in [9.17, 15) is 0 Å². The molecular formula is C31H44Hf-2. The molecule has 0 saturated heterocycles. The SMILES string of the molecule is CCCCC[c-]1ccc2cc3c(cc21)CC(CC)(CC)C3.Cc1c(C)c(C)[c-](C)c1C.[Hf]. The monoisotopic (exact) mass is 596 g/mol. The molecule has 0 nitrogen and oxygen atoms in total. The van der Waals surface area contributed by atoms with Crippen LogP contribution in [0.4, 0.5) is 0 Å². The van der Waals surface area contributed by atoms with Crippen LogP contribution in [0, 0.1) is 40.0 Å². The van der Waals surface area contributed by atoms with E-state index in [4.69, 9.17) is 0 Å². The van der Waals surface area contributed by atoms with Crippen LogP contribution >= 0.6 is 0 Å². The van der Waals surface area contributed by atoms with Gasteiger partial charge in [-0.1, -0.05) is 92.2 Å². The summed E-state index contributed by atoms with van der Waals surface area (Å²) in [6.45, 7) is 18.0. The molecule has 1 aliphatic rings. The molecule has 0 radical (unpaired) electrons. The van der Waals surface area contributed by atoms with Gasteiger partial charge in [-0.15, -0.1) is 34.5 Å². The van der Waals surface area contributed by atoms with Crippen molar-refractivity contribution in [1.82, 2.24) is 0 Å². The van der Waals surface area contributed by atoms with Crippen LogP contribution < -0.4 is 0 Å². The zero-order valence-electron chi connectivity index (χ0n) is 22.0. The number of aryl methyl sites for hydroxylation is 1. The van der Waals surface area contributed by atoms with Crippen LogP contribution in [0.5, 0.6) is 0 Å². The zero-order chi connectivity index (χ0) is 22.8. The molecule has 1 heteroatoms. The van der Waals surface area contributed by atoms with Crippen LogP contribution in [0.15, 0.2) is 24.3 Å². The van der Waals surface area contributed by atoms with Crippen molar-refractivity contribution < 1.29 is 25.8 Å². The maximum Gasteiger partial charge on any atom is 0 e. The summed E-state index contributed by atoms with van der Waals surface area (Å²) in [6.07, 6.45) is 10.5. The van der Waals surface area contributed by atoms with Gasteiger partial charge in [0.1, 0.15) is 0 Å². The zero-order valence-corrected chi connectivity index (χ0v) is 25.6. The molecule has 32 heavy (non-hydrogen) atoms. The van der Waals surface area contributed by atoms with Crippen molar-refractivity contribution in [1.29, 1.82) is 0 Å². The molecule has 0 unspecified atom stereocenters. The first-order chi connectivity index (χ1) is 14.8. The van der Waals surface area contributed by atoms with Crippen LogP contribution in [-0.4, -0.2) is 0 Å². The fraction of sp³-hybridized carbons (Fsp3) is 0.548. The molecule has 0 amide bonds. The van der Waals surface area contributed by atoms with Crippen molar-refractivity contribution in [2.75, 3.05) is 0 Å². The summed E-state index contributed by atoms with van der Waals surface area (Å²) in [5, 5.41) is 3.01. The van der Waals surface area contributed by atoms with Crippen LogP contribution in [0.1, 0.15) is 97.4 Å². The third kappa shape index (κ3) is 5.40. The van der Waals surface area contributed by atoms with E-state index >= 15 is 0 Å². The molecule has 0 bridgehead atoms. The molecule has 0 heterocycles. The van der Waals surface area contributed by atoms with Crippen LogP contribution in [0.25, 0.3) is 10.8 Å². The van der Waals surface area contributed by atoms with Crippen molar-refractivity contribution in [3.8, 4) is 0 Å². The van der Waals surface area contributed by atoms with Gasteiger partial charge < -0.3 is 0 Å². The van der Waals surface area contributed by atoms with Gasteiger partial charge in [-0.05, 0) is 31.1 Å². The van der Waals surface area contributed by atoms with E-state index in [0.29, 0.717) is 5.41 Å². The molecule has 3 aromatic carbocycles. The number of benzene rings is 1. The average Bonchev–Trinajstić information content (AvgIpc) is 3.40. The Labute approximate surface area is 216 Å². The summed E-state index contributed by atoms with van der Waals surface area (Å²) in [7, 11) is 0. The first-order valence-electron chi connectivity index (χ1n) is 12.7. The quantitative estimate of drug-likeness (QED) is 0.152. The molecule has 0 atom stereocenters. The molecule has 0 N–H and O–H groups in total. The number of hydrogen-bond donors (Lipinski definition) is 0. The second-order valence-electron chi connectivity index (χ2n) is 10.2. The minimum absolute atomic E-state index is 0. The van der Waals surface area contributed by atoms with E-state index in [1.807, 2.05) is 0 Å². The van der Waals surface area contributed by atoms with Gasteiger partial charge in [0.2, 0.25) is 0 Å². The van der Waals surface area contributed by atoms with Gasteiger partial charge in [-0.2, -0.15) is 33.9 Å². The fourth-order valence-electron chi connectivity index (χ4n) is 5.54. The molecule has 3 aromatic rings. The number of unbranched alkanes of at least 4 members (excludes halogenated alkanes) is 2. The van der Waals surface area contributed by atoms with Gasteiger partial charge in [0.25, 0.3) is 0 Å². The molecule has 0 aromatic heterocycles. The van der Waals surface area contributed by atoms with Crippen LogP contribution in [0.2, 0.25) is 0 Å². The molecule has 0 aliphatic heterocycles. The Morgan fingerprint density at radius 1 is 0.844 bits per heavy atom. The van der Waals surface area contributed by atoms with Crippen LogP contribution in [0.3, 0.4) is 0 Å². The van der Waals surface area contributed by atoms with Gasteiger partial charge in [0.05, 0.1) is 0 Å². The second-order valence-corrected chi connectivity index (χ2v) is 10.2. The average molecular weight is 595 g/mol. The minimum Gasteiger partial charge on any atom is -0.196 e. The summed E-state index contributed by atoms with van der Waals surface area (Å²) in [4.78, 5) is 0. The van der Waals surface area contributed by atoms with E-state index in [0.717, 1.165) is 0 Å². The number of fused-ring (bicyclic) bond motifs is 2. The van der Waals surface area contributed by atoms with Crippen molar-refractivity contribution >= 4 is 10.8 Å². The Balaban J connectivity index is 0.000000280. The van der Waals surface area contributed by atoms with Crippen molar-refractivity contribution in [2.24, 2.45) is 5.41 Å².